The number of guanidine groups is 1. The fourth-order valence-corrected chi connectivity index (χ4v) is 2.94. The minimum atomic E-state index is 0.0176. The largest absolute Gasteiger partial charge is 0.491 e. The van der Waals surface area contributed by atoms with Crippen LogP contribution >= 0.6 is 0 Å². The first-order valence-electron chi connectivity index (χ1n) is 9.83. The highest BCUT2D eigenvalue weighted by atomic mass is 16.5. The van der Waals surface area contributed by atoms with Gasteiger partial charge in [0.05, 0.1) is 6.54 Å². The molecule has 0 fully saturated rings. The molecule has 0 saturated carbocycles. The van der Waals surface area contributed by atoms with Gasteiger partial charge in [-0.05, 0) is 42.7 Å². The van der Waals surface area contributed by atoms with E-state index in [2.05, 4.69) is 10.3 Å². The fraction of sp³-hybridized carbons (Fsp3) is 0.391. The molecular formula is C23H32N4O2. The maximum Gasteiger partial charge on any atom is 0.253 e. The third-order valence-corrected chi connectivity index (χ3v) is 4.63. The van der Waals surface area contributed by atoms with E-state index in [4.69, 9.17) is 4.74 Å². The van der Waals surface area contributed by atoms with Crippen LogP contribution in [0, 0.1) is 6.92 Å². The second-order valence-electron chi connectivity index (χ2n) is 7.16. The standard InChI is InChI=1S/C23H32N4O2/c1-18-9-6-7-12-21(18)29-16-15-27(5)23(24-2)25-14-13-19-10-8-11-20(17-19)22(28)26(3)4/h6-12,17H,13-16H2,1-5H3,(H,24,25). The number of aryl methyl sites for hydroxylation is 1. The number of hydrogen-bond donors (Lipinski definition) is 1. The topological polar surface area (TPSA) is 57.2 Å². The summed E-state index contributed by atoms with van der Waals surface area (Å²) in [6.45, 7) is 4.08. The fourth-order valence-electron chi connectivity index (χ4n) is 2.94. The summed E-state index contributed by atoms with van der Waals surface area (Å²) in [5.41, 5.74) is 2.96. The van der Waals surface area contributed by atoms with E-state index in [1.165, 1.54) is 0 Å². The Morgan fingerprint density at radius 3 is 2.55 bits per heavy atom. The van der Waals surface area contributed by atoms with Gasteiger partial charge in [-0.25, -0.2) is 0 Å². The number of carbonyl (C=O) groups is 1. The third kappa shape index (κ3) is 6.82. The number of amides is 1. The predicted molar refractivity (Wildman–Crippen MR) is 119 cm³/mol. The summed E-state index contributed by atoms with van der Waals surface area (Å²) in [7, 11) is 7.29. The van der Waals surface area contributed by atoms with E-state index in [-0.39, 0.29) is 5.91 Å². The highest BCUT2D eigenvalue weighted by molar-refractivity contribution is 5.94. The summed E-state index contributed by atoms with van der Waals surface area (Å²) in [4.78, 5) is 20.1. The van der Waals surface area contributed by atoms with Gasteiger partial charge in [0, 0.05) is 40.3 Å². The van der Waals surface area contributed by atoms with Gasteiger partial charge < -0.3 is 19.9 Å². The second kappa shape index (κ2) is 11.1. The molecule has 1 amide bonds. The molecule has 0 unspecified atom stereocenters. The number of benzene rings is 2. The maximum absolute atomic E-state index is 12.1. The van der Waals surface area contributed by atoms with Crippen LogP contribution in [-0.2, 0) is 6.42 Å². The molecule has 2 aromatic rings. The van der Waals surface area contributed by atoms with E-state index < -0.39 is 0 Å². The number of nitrogens with zero attached hydrogens (tertiary/aromatic N) is 3. The molecule has 2 aromatic carbocycles. The van der Waals surface area contributed by atoms with Gasteiger partial charge in [0.2, 0.25) is 0 Å². The van der Waals surface area contributed by atoms with Crippen molar-refractivity contribution in [3.05, 3.63) is 65.2 Å². The minimum Gasteiger partial charge on any atom is -0.491 e. The quantitative estimate of drug-likeness (QED) is 0.551. The van der Waals surface area contributed by atoms with Crippen LogP contribution in [0.5, 0.6) is 5.75 Å². The number of aliphatic imine (C=N–C) groups is 1. The van der Waals surface area contributed by atoms with Crippen molar-refractivity contribution in [1.29, 1.82) is 0 Å². The molecule has 6 nitrogen and oxygen atoms in total. The molecule has 6 heteroatoms. The normalized spacial score (nSPS) is 11.1. The second-order valence-corrected chi connectivity index (χ2v) is 7.16. The molecule has 2 rings (SSSR count). The Morgan fingerprint density at radius 1 is 1.10 bits per heavy atom. The average molecular weight is 397 g/mol. The van der Waals surface area contributed by atoms with Crippen molar-refractivity contribution in [3.63, 3.8) is 0 Å². The van der Waals surface area contributed by atoms with Crippen molar-refractivity contribution in [2.24, 2.45) is 4.99 Å². The monoisotopic (exact) mass is 396 g/mol. The molecular weight excluding hydrogens is 364 g/mol. The van der Waals surface area contributed by atoms with E-state index in [1.54, 1.807) is 26.0 Å². The van der Waals surface area contributed by atoms with E-state index in [0.29, 0.717) is 12.2 Å². The summed E-state index contributed by atoms with van der Waals surface area (Å²) >= 11 is 0. The lowest BCUT2D eigenvalue weighted by Gasteiger charge is -2.22. The van der Waals surface area contributed by atoms with Crippen LogP contribution in [0.3, 0.4) is 0 Å². The summed E-state index contributed by atoms with van der Waals surface area (Å²) < 4.78 is 5.87. The number of nitrogens with one attached hydrogen (secondary N) is 1. The van der Waals surface area contributed by atoms with Crippen LogP contribution in [0.1, 0.15) is 21.5 Å². The Hall–Kier alpha value is -3.02. The van der Waals surface area contributed by atoms with Crippen molar-refractivity contribution in [2.45, 2.75) is 13.3 Å². The Labute approximate surface area is 174 Å². The summed E-state index contributed by atoms with van der Waals surface area (Å²) in [6.07, 6.45) is 0.807. The predicted octanol–water partition coefficient (Wildman–Crippen LogP) is 2.83. The number of rotatable bonds is 8. The molecule has 0 aliphatic heterocycles. The highest BCUT2D eigenvalue weighted by Crippen LogP contribution is 2.15. The van der Waals surface area contributed by atoms with Crippen molar-refractivity contribution in [2.75, 3.05) is 47.9 Å². The summed E-state index contributed by atoms with van der Waals surface area (Å²) in [6, 6.07) is 15.8. The first-order chi connectivity index (χ1) is 13.9. The molecule has 156 valence electrons. The van der Waals surface area contributed by atoms with Crippen molar-refractivity contribution >= 4 is 11.9 Å². The van der Waals surface area contributed by atoms with Gasteiger partial charge in [-0.3, -0.25) is 9.79 Å². The van der Waals surface area contributed by atoms with Crippen LogP contribution in [0.4, 0.5) is 0 Å². The van der Waals surface area contributed by atoms with Gasteiger partial charge in [-0.1, -0.05) is 30.3 Å². The Morgan fingerprint density at radius 2 is 1.86 bits per heavy atom. The van der Waals surface area contributed by atoms with E-state index >= 15 is 0 Å². The molecule has 0 heterocycles. The number of ether oxygens (including phenoxy) is 1. The Balaban J connectivity index is 1.80. The van der Waals surface area contributed by atoms with Gasteiger partial charge >= 0.3 is 0 Å². The van der Waals surface area contributed by atoms with Crippen molar-refractivity contribution in [1.82, 2.24) is 15.1 Å². The molecule has 0 atom stereocenters. The number of hydrogen-bond acceptors (Lipinski definition) is 3. The van der Waals surface area contributed by atoms with E-state index in [9.17, 15) is 4.79 Å². The molecule has 0 aromatic heterocycles. The van der Waals surface area contributed by atoms with Gasteiger partial charge in [-0.2, -0.15) is 0 Å². The van der Waals surface area contributed by atoms with E-state index in [0.717, 1.165) is 42.3 Å². The van der Waals surface area contributed by atoms with Gasteiger partial charge in [-0.15, -0.1) is 0 Å². The minimum absolute atomic E-state index is 0.0176. The van der Waals surface area contributed by atoms with Crippen LogP contribution in [0.2, 0.25) is 0 Å². The van der Waals surface area contributed by atoms with Crippen LogP contribution < -0.4 is 10.1 Å². The SMILES string of the molecule is CN=C(NCCc1cccc(C(=O)N(C)C)c1)N(C)CCOc1ccccc1C. The van der Waals surface area contributed by atoms with Crippen molar-refractivity contribution in [3.8, 4) is 5.75 Å². The molecule has 0 saturated heterocycles. The zero-order chi connectivity index (χ0) is 21.2. The highest BCUT2D eigenvalue weighted by Gasteiger charge is 2.09. The summed E-state index contributed by atoms with van der Waals surface area (Å²) in [5, 5.41) is 3.37. The number of para-hydroxylation sites is 1. The Bertz CT molecular complexity index is 833. The lowest BCUT2D eigenvalue weighted by Crippen LogP contribution is -2.41. The zero-order valence-electron chi connectivity index (χ0n) is 18.1. The van der Waals surface area contributed by atoms with Gasteiger partial charge in [0.25, 0.3) is 5.91 Å². The van der Waals surface area contributed by atoms with Gasteiger partial charge in [0.15, 0.2) is 5.96 Å². The third-order valence-electron chi connectivity index (χ3n) is 4.63. The molecule has 0 bridgehead atoms. The lowest BCUT2D eigenvalue weighted by atomic mass is 10.1. The first-order valence-corrected chi connectivity index (χ1v) is 9.83. The van der Waals surface area contributed by atoms with E-state index in [1.807, 2.05) is 67.4 Å². The maximum atomic E-state index is 12.1. The number of likely N-dealkylation sites (N-methyl/N-ethyl adjacent to an activating group) is 1. The van der Waals surface area contributed by atoms with Gasteiger partial charge in [0.1, 0.15) is 12.4 Å². The first kappa shape index (κ1) is 22.3. The molecule has 29 heavy (non-hydrogen) atoms. The summed E-state index contributed by atoms with van der Waals surface area (Å²) in [5.74, 6) is 1.75. The Kier molecular flexibility index (Phi) is 8.52. The lowest BCUT2D eigenvalue weighted by molar-refractivity contribution is 0.0827. The van der Waals surface area contributed by atoms with Crippen molar-refractivity contribution < 1.29 is 9.53 Å². The van der Waals surface area contributed by atoms with Crippen LogP contribution in [0.25, 0.3) is 0 Å². The zero-order valence-corrected chi connectivity index (χ0v) is 18.1. The molecule has 0 radical (unpaired) electrons. The smallest absolute Gasteiger partial charge is 0.253 e. The van der Waals surface area contributed by atoms with Crippen LogP contribution in [0.15, 0.2) is 53.5 Å². The average Bonchev–Trinajstić information content (AvgIpc) is 2.72. The molecule has 0 aliphatic rings. The number of carbonyl (C=O) groups excluding carboxylic acids is 1. The molecule has 1 N–H and O–H groups in total. The molecule has 0 aliphatic carbocycles. The van der Waals surface area contributed by atoms with Crippen LogP contribution in [-0.4, -0.2) is 69.6 Å². The molecule has 0 spiro atoms.